The molecule has 25 heavy (non-hydrogen) atoms. The molecule has 1 amide bonds. The molecule has 1 aromatic heterocycles. The Bertz CT molecular complexity index is 782. The first-order chi connectivity index (χ1) is 11.7. The van der Waals surface area contributed by atoms with Crippen molar-refractivity contribution in [3.8, 4) is 0 Å². The van der Waals surface area contributed by atoms with E-state index in [-0.39, 0.29) is 16.7 Å². The maximum atomic E-state index is 12.7. The van der Waals surface area contributed by atoms with Gasteiger partial charge in [0.2, 0.25) is 5.91 Å². The second-order valence-corrected chi connectivity index (χ2v) is 10.3. The highest BCUT2D eigenvalue weighted by Gasteiger charge is 2.47. The third-order valence-corrected chi connectivity index (χ3v) is 8.38. The zero-order chi connectivity index (χ0) is 18.2. The van der Waals surface area contributed by atoms with E-state index in [1.165, 1.54) is 15.6 Å². The summed E-state index contributed by atoms with van der Waals surface area (Å²) in [6.45, 7) is 2.33. The number of nitrogens with zero attached hydrogens (tertiary/aromatic N) is 1. The highest BCUT2D eigenvalue weighted by Crippen LogP contribution is 2.33. The molecule has 1 saturated carbocycles. The van der Waals surface area contributed by atoms with Crippen LogP contribution in [0.1, 0.15) is 37.0 Å². The molecule has 3 rings (SSSR count). The number of nitrogens with one attached hydrogen (secondary N) is 1. The minimum absolute atomic E-state index is 0.0980. The Kier molecular flexibility index (Phi) is 4.91. The number of carbonyl (C=O) groups excluding carboxylic acids is 1. The van der Waals surface area contributed by atoms with Crippen LogP contribution in [0, 0.1) is 12.8 Å². The van der Waals surface area contributed by atoms with Gasteiger partial charge in [-0.05, 0) is 51.2 Å². The molecule has 1 aliphatic heterocycles. The van der Waals surface area contributed by atoms with Gasteiger partial charge >= 0.3 is 5.97 Å². The minimum atomic E-state index is -3.60. The average molecular weight is 386 g/mol. The molecule has 2 heterocycles. The van der Waals surface area contributed by atoms with Crippen LogP contribution < -0.4 is 5.32 Å². The van der Waals surface area contributed by atoms with E-state index in [4.69, 9.17) is 0 Å². The molecule has 0 bridgehead atoms. The Morgan fingerprint density at radius 3 is 2.56 bits per heavy atom. The maximum Gasteiger partial charge on any atom is 0.329 e. The lowest BCUT2D eigenvalue weighted by Gasteiger charge is -2.40. The largest absolute Gasteiger partial charge is 0.480 e. The van der Waals surface area contributed by atoms with Crippen LogP contribution in [0.4, 0.5) is 0 Å². The third kappa shape index (κ3) is 3.45. The topological polar surface area (TPSA) is 104 Å². The first kappa shape index (κ1) is 18.3. The Labute approximate surface area is 151 Å². The second kappa shape index (κ2) is 6.69. The number of aliphatic carboxylic acids is 1. The highest BCUT2D eigenvalue weighted by atomic mass is 32.2. The fraction of sp³-hybridized carbons (Fsp3) is 0.625. The Morgan fingerprint density at radius 2 is 2.04 bits per heavy atom. The van der Waals surface area contributed by atoms with E-state index < -0.39 is 27.4 Å². The van der Waals surface area contributed by atoms with Gasteiger partial charge in [-0.3, -0.25) is 4.79 Å². The molecular formula is C16H22N2O5S2. The molecule has 2 N–H and O–H groups in total. The normalized spacial score (nSPS) is 23.6. The first-order valence-electron chi connectivity index (χ1n) is 8.37. The zero-order valence-corrected chi connectivity index (χ0v) is 15.7. The molecule has 1 aliphatic carbocycles. The number of piperidine rings is 1. The first-order valence-corrected chi connectivity index (χ1v) is 10.6. The number of thiophene rings is 1. The van der Waals surface area contributed by atoms with E-state index in [0.29, 0.717) is 32.2 Å². The molecule has 1 unspecified atom stereocenters. The lowest BCUT2D eigenvalue weighted by molar-refractivity contribution is -0.152. The summed E-state index contributed by atoms with van der Waals surface area (Å²) in [6, 6.07) is 3.35. The average Bonchev–Trinajstić information content (AvgIpc) is 2.97. The number of carboxylic acids is 1. The van der Waals surface area contributed by atoms with Gasteiger partial charge in [0.05, 0.1) is 5.92 Å². The number of sulfonamides is 1. The third-order valence-electron chi connectivity index (χ3n) is 5.04. The number of hydrogen-bond donors (Lipinski definition) is 2. The van der Waals surface area contributed by atoms with Crippen LogP contribution in [0.5, 0.6) is 0 Å². The molecule has 1 atom stereocenters. The number of carboxylic acid groups (broad SMARTS) is 1. The lowest BCUT2D eigenvalue weighted by Crippen LogP contribution is -2.61. The number of rotatable bonds is 5. The van der Waals surface area contributed by atoms with Crippen molar-refractivity contribution in [3.05, 3.63) is 17.0 Å². The summed E-state index contributed by atoms with van der Waals surface area (Å²) in [5.74, 6) is -1.88. The lowest BCUT2D eigenvalue weighted by atomic mass is 9.76. The van der Waals surface area contributed by atoms with Crippen molar-refractivity contribution in [2.24, 2.45) is 5.92 Å². The van der Waals surface area contributed by atoms with Gasteiger partial charge in [0.1, 0.15) is 9.75 Å². The van der Waals surface area contributed by atoms with Gasteiger partial charge in [0.15, 0.2) is 0 Å². The number of aryl methyl sites for hydroxylation is 1. The Morgan fingerprint density at radius 1 is 1.32 bits per heavy atom. The molecule has 0 spiro atoms. The monoisotopic (exact) mass is 386 g/mol. The number of carbonyl (C=O) groups is 2. The minimum Gasteiger partial charge on any atom is -0.480 e. The molecule has 2 fully saturated rings. The van der Waals surface area contributed by atoms with Crippen LogP contribution in [0.2, 0.25) is 0 Å². The van der Waals surface area contributed by atoms with Gasteiger partial charge in [0, 0.05) is 18.0 Å². The fourth-order valence-electron chi connectivity index (χ4n) is 3.31. The summed E-state index contributed by atoms with van der Waals surface area (Å²) in [5.41, 5.74) is -1.16. The molecule has 2 aliphatic rings. The van der Waals surface area contributed by atoms with E-state index in [1.54, 1.807) is 12.1 Å². The Balaban J connectivity index is 1.71. The summed E-state index contributed by atoms with van der Waals surface area (Å²) in [4.78, 5) is 24.9. The summed E-state index contributed by atoms with van der Waals surface area (Å²) in [5, 5.41) is 12.0. The van der Waals surface area contributed by atoms with Crippen LogP contribution >= 0.6 is 11.3 Å². The second-order valence-electron chi connectivity index (χ2n) is 6.80. The van der Waals surface area contributed by atoms with Gasteiger partial charge in [-0.1, -0.05) is 0 Å². The molecule has 9 heteroatoms. The standard InChI is InChI=1S/C16H22N2O5S2/c1-11-5-6-13(24-11)25(22,23)18-9-2-4-12(10-18)14(19)17-16(15(20)21)7-3-8-16/h5-6,12H,2-4,7-10H2,1H3,(H,17,19)(H,20,21). The van der Waals surface area contributed by atoms with E-state index in [9.17, 15) is 23.1 Å². The van der Waals surface area contributed by atoms with Crippen molar-refractivity contribution in [2.45, 2.75) is 48.8 Å². The molecule has 0 radical (unpaired) electrons. The van der Waals surface area contributed by atoms with Crippen molar-refractivity contribution < 1.29 is 23.1 Å². The highest BCUT2D eigenvalue weighted by molar-refractivity contribution is 7.91. The molecule has 138 valence electrons. The molecule has 7 nitrogen and oxygen atoms in total. The molecule has 1 saturated heterocycles. The van der Waals surface area contributed by atoms with Crippen LogP contribution in [-0.2, 0) is 19.6 Å². The predicted molar refractivity (Wildman–Crippen MR) is 92.9 cm³/mol. The van der Waals surface area contributed by atoms with Crippen LogP contribution in [-0.4, -0.2) is 48.3 Å². The van der Waals surface area contributed by atoms with E-state index in [0.717, 1.165) is 11.3 Å². The van der Waals surface area contributed by atoms with Crippen molar-refractivity contribution >= 4 is 33.2 Å². The summed E-state index contributed by atoms with van der Waals surface area (Å²) in [7, 11) is -3.60. The molecule has 1 aromatic rings. The SMILES string of the molecule is Cc1ccc(S(=O)(=O)N2CCCC(C(=O)NC3(C(=O)O)CCC3)C2)s1. The van der Waals surface area contributed by atoms with Crippen LogP contribution in [0.3, 0.4) is 0 Å². The summed E-state index contributed by atoms with van der Waals surface area (Å²) >= 11 is 1.22. The van der Waals surface area contributed by atoms with Gasteiger partial charge < -0.3 is 10.4 Å². The van der Waals surface area contributed by atoms with Crippen LogP contribution in [0.25, 0.3) is 0 Å². The fourth-order valence-corrected chi connectivity index (χ4v) is 6.27. The van der Waals surface area contributed by atoms with Gasteiger partial charge in [-0.25, -0.2) is 13.2 Å². The van der Waals surface area contributed by atoms with Crippen LogP contribution in [0.15, 0.2) is 16.3 Å². The Hall–Kier alpha value is -1.45. The van der Waals surface area contributed by atoms with E-state index in [1.807, 2.05) is 6.92 Å². The van der Waals surface area contributed by atoms with Crippen molar-refractivity contribution in [1.29, 1.82) is 0 Å². The van der Waals surface area contributed by atoms with Gasteiger partial charge in [0.25, 0.3) is 10.0 Å². The molecular weight excluding hydrogens is 364 g/mol. The summed E-state index contributed by atoms with van der Waals surface area (Å²) in [6.07, 6.45) is 2.78. The number of hydrogen-bond acceptors (Lipinski definition) is 5. The van der Waals surface area contributed by atoms with Crippen molar-refractivity contribution in [3.63, 3.8) is 0 Å². The van der Waals surface area contributed by atoms with E-state index >= 15 is 0 Å². The predicted octanol–water partition coefficient (Wildman–Crippen LogP) is 1.58. The zero-order valence-electron chi connectivity index (χ0n) is 14.0. The van der Waals surface area contributed by atoms with Gasteiger partial charge in [-0.15, -0.1) is 11.3 Å². The van der Waals surface area contributed by atoms with E-state index in [2.05, 4.69) is 5.32 Å². The van der Waals surface area contributed by atoms with Crippen molar-refractivity contribution in [1.82, 2.24) is 9.62 Å². The van der Waals surface area contributed by atoms with Crippen molar-refractivity contribution in [2.75, 3.05) is 13.1 Å². The smallest absolute Gasteiger partial charge is 0.329 e. The van der Waals surface area contributed by atoms with Gasteiger partial charge in [-0.2, -0.15) is 4.31 Å². The molecule has 0 aromatic carbocycles. The quantitative estimate of drug-likeness (QED) is 0.800. The summed E-state index contributed by atoms with van der Waals surface area (Å²) < 4.78 is 27.1. The maximum absolute atomic E-state index is 12.7. The number of amides is 1.